The van der Waals surface area contributed by atoms with Gasteiger partial charge in [0.2, 0.25) is 0 Å². The number of rotatable bonds is 1. The molecule has 0 aliphatic carbocycles. The molecule has 4 nitrogen and oxygen atoms in total. The number of urea groups is 1. The normalized spacial score (nSPS) is 34.3. The average molecular weight is 335 g/mol. The van der Waals surface area contributed by atoms with Crippen LogP contribution in [0.4, 0.5) is 13.6 Å². The molecule has 3 atom stereocenters. The van der Waals surface area contributed by atoms with E-state index in [0.717, 1.165) is 32.0 Å². The Bertz CT molecular complexity index is 658. The highest BCUT2D eigenvalue weighted by Crippen LogP contribution is 2.47. The van der Waals surface area contributed by atoms with Gasteiger partial charge in [0.15, 0.2) is 11.6 Å². The van der Waals surface area contributed by atoms with Crippen molar-refractivity contribution in [1.29, 1.82) is 0 Å². The van der Waals surface area contributed by atoms with Gasteiger partial charge in [0.05, 0.1) is 6.04 Å². The number of benzene rings is 1. The third-order valence-electron chi connectivity index (χ3n) is 6.00. The Morgan fingerprint density at radius 2 is 1.88 bits per heavy atom. The first-order valence-corrected chi connectivity index (χ1v) is 8.65. The van der Waals surface area contributed by atoms with Gasteiger partial charge in [-0.15, -0.1) is 0 Å². The predicted octanol–water partition coefficient (Wildman–Crippen LogP) is 2.51. The molecule has 0 radical (unpaired) electrons. The molecule has 4 aliphatic heterocycles. The van der Waals surface area contributed by atoms with Crippen LogP contribution >= 0.6 is 0 Å². The molecule has 1 aromatic rings. The topological polar surface area (TPSA) is 26.8 Å². The van der Waals surface area contributed by atoms with Gasteiger partial charge < -0.3 is 9.80 Å². The molecular weight excluding hydrogens is 312 g/mol. The van der Waals surface area contributed by atoms with Crippen molar-refractivity contribution in [1.82, 2.24) is 14.7 Å². The summed E-state index contributed by atoms with van der Waals surface area (Å²) in [6, 6.07) is 4.57. The van der Waals surface area contributed by atoms with Crippen LogP contribution in [0.25, 0.3) is 0 Å². The van der Waals surface area contributed by atoms with E-state index in [9.17, 15) is 13.6 Å². The highest BCUT2D eigenvalue weighted by molar-refractivity contribution is 5.75. The molecule has 0 saturated carbocycles. The van der Waals surface area contributed by atoms with Gasteiger partial charge in [0.1, 0.15) is 0 Å². The molecule has 4 aliphatic rings. The molecule has 2 amide bonds. The number of amides is 2. The maximum atomic E-state index is 14.4. The van der Waals surface area contributed by atoms with Crippen molar-refractivity contribution in [3.05, 3.63) is 35.4 Å². The maximum Gasteiger partial charge on any atom is 0.319 e. The third-order valence-corrected chi connectivity index (χ3v) is 6.00. The van der Waals surface area contributed by atoms with Gasteiger partial charge in [0, 0.05) is 32.6 Å². The van der Waals surface area contributed by atoms with E-state index in [1.165, 1.54) is 0 Å². The second kappa shape index (κ2) is 5.69. The number of likely N-dealkylation sites (tertiary alicyclic amines) is 1. The monoisotopic (exact) mass is 335 g/mol. The molecule has 4 saturated heterocycles. The summed E-state index contributed by atoms with van der Waals surface area (Å²) in [5.41, 5.74) is 0.409. The van der Waals surface area contributed by atoms with E-state index in [0.29, 0.717) is 18.0 Å². The molecule has 4 heterocycles. The molecular formula is C18H23F2N3O. The summed E-state index contributed by atoms with van der Waals surface area (Å²) in [6.45, 7) is 2.44. The first-order chi connectivity index (χ1) is 11.5. The summed E-state index contributed by atoms with van der Waals surface area (Å²) in [4.78, 5) is 18.5. The molecule has 4 fully saturated rings. The number of carbonyl (C=O) groups excluding carboxylic acids is 1. The van der Waals surface area contributed by atoms with E-state index in [4.69, 9.17) is 0 Å². The van der Waals surface area contributed by atoms with Crippen molar-refractivity contribution >= 4 is 6.03 Å². The number of hydrogen-bond acceptors (Lipinski definition) is 2. The zero-order chi connectivity index (χ0) is 17.0. The molecule has 24 heavy (non-hydrogen) atoms. The van der Waals surface area contributed by atoms with Gasteiger partial charge in [-0.25, -0.2) is 13.6 Å². The van der Waals surface area contributed by atoms with E-state index in [1.807, 2.05) is 4.90 Å². The number of fused-ring (bicyclic) bond motifs is 2. The molecule has 2 bridgehead atoms. The van der Waals surface area contributed by atoms with E-state index in [-0.39, 0.29) is 24.0 Å². The van der Waals surface area contributed by atoms with Crippen LogP contribution in [0.15, 0.2) is 18.2 Å². The first kappa shape index (κ1) is 15.8. The summed E-state index contributed by atoms with van der Waals surface area (Å²) >= 11 is 0. The predicted molar refractivity (Wildman–Crippen MR) is 86.8 cm³/mol. The van der Waals surface area contributed by atoms with Gasteiger partial charge in [-0.2, -0.15) is 0 Å². The van der Waals surface area contributed by atoms with Crippen molar-refractivity contribution in [3.63, 3.8) is 0 Å². The second-order valence-electron chi connectivity index (χ2n) is 7.43. The zero-order valence-electron chi connectivity index (χ0n) is 14.1. The Balaban J connectivity index is 1.75. The molecule has 0 spiro atoms. The SMILES string of the molecule is CN(C)C(=O)N1C[C@H](c2cccc(F)c2F)[C@H]2[C@@H]1C1CCN2CC1. The van der Waals surface area contributed by atoms with Crippen LogP contribution in [0.1, 0.15) is 24.3 Å². The zero-order valence-corrected chi connectivity index (χ0v) is 14.1. The number of hydrogen-bond donors (Lipinski definition) is 0. The fraction of sp³-hybridized carbons (Fsp3) is 0.611. The van der Waals surface area contributed by atoms with Crippen LogP contribution in [0.3, 0.4) is 0 Å². The number of nitrogens with zero attached hydrogens (tertiary/aromatic N) is 3. The van der Waals surface area contributed by atoms with E-state index < -0.39 is 11.6 Å². The number of piperidine rings is 3. The minimum atomic E-state index is -0.808. The lowest BCUT2D eigenvalue weighted by Gasteiger charge is -2.51. The van der Waals surface area contributed by atoms with E-state index >= 15 is 0 Å². The van der Waals surface area contributed by atoms with Crippen LogP contribution < -0.4 is 0 Å². The lowest BCUT2D eigenvalue weighted by Crippen LogP contribution is -2.61. The summed E-state index contributed by atoms with van der Waals surface area (Å²) in [5, 5.41) is 0. The lowest BCUT2D eigenvalue weighted by molar-refractivity contribution is 0.000678. The van der Waals surface area contributed by atoms with Crippen molar-refractivity contribution < 1.29 is 13.6 Å². The molecule has 130 valence electrons. The van der Waals surface area contributed by atoms with Crippen LogP contribution in [0.2, 0.25) is 0 Å². The van der Waals surface area contributed by atoms with Gasteiger partial charge in [-0.3, -0.25) is 4.90 Å². The minimum absolute atomic E-state index is 0.0296. The summed E-state index contributed by atoms with van der Waals surface area (Å²) in [5.74, 6) is -1.27. The van der Waals surface area contributed by atoms with Gasteiger partial charge >= 0.3 is 6.03 Å². The Morgan fingerprint density at radius 1 is 1.17 bits per heavy atom. The molecule has 0 unspecified atom stereocenters. The maximum absolute atomic E-state index is 14.4. The van der Waals surface area contributed by atoms with Crippen molar-refractivity contribution in [2.75, 3.05) is 33.7 Å². The third kappa shape index (κ3) is 2.23. The van der Waals surface area contributed by atoms with Crippen LogP contribution in [-0.2, 0) is 0 Å². The summed E-state index contributed by atoms with van der Waals surface area (Å²) in [7, 11) is 3.49. The van der Waals surface area contributed by atoms with Gasteiger partial charge in [-0.1, -0.05) is 12.1 Å². The quantitative estimate of drug-likeness (QED) is 0.788. The Kier molecular flexibility index (Phi) is 3.75. The van der Waals surface area contributed by atoms with Crippen LogP contribution in [0, 0.1) is 17.6 Å². The smallest absolute Gasteiger partial charge is 0.319 e. The Hall–Kier alpha value is -1.69. The van der Waals surface area contributed by atoms with Gasteiger partial charge in [-0.05, 0) is 43.5 Å². The van der Waals surface area contributed by atoms with Gasteiger partial charge in [0.25, 0.3) is 0 Å². The van der Waals surface area contributed by atoms with Crippen LogP contribution in [-0.4, -0.2) is 66.5 Å². The highest BCUT2D eigenvalue weighted by Gasteiger charge is 2.55. The fourth-order valence-corrected chi connectivity index (χ4v) is 4.98. The van der Waals surface area contributed by atoms with Crippen molar-refractivity contribution in [3.8, 4) is 0 Å². The fourth-order valence-electron chi connectivity index (χ4n) is 4.98. The number of halogens is 2. The van der Waals surface area contributed by atoms with Crippen molar-refractivity contribution in [2.45, 2.75) is 30.8 Å². The Labute approximate surface area is 141 Å². The summed E-state index contributed by atoms with van der Waals surface area (Å²) < 4.78 is 28.2. The largest absolute Gasteiger partial charge is 0.331 e. The molecule has 5 rings (SSSR count). The van der Waals surface area contributed by atoms with Crippen molar-refractivity contribution in [2.24, 2.45) is 5.92 Å². The molecule has 0 N–H and O–H groups in total. The minimum Gasteiger partial charge on any atom is -0.331 e. The summed E-state index contributed by atoms with van der Waals surface area (Å²) in [6.07, 6.45) is 2.16. The molecule has 1 aromatic carbocycles. The Morgan fingerprint density at radius 3 is 2.54 bits per heavy atom. The van der Waals surface area contributed by atoms with E-state index in [1.54, 1.807) is 31.1 Å². The van der Waals surface area contributed by atoms with Crippen LogP contribution in [0.5, 0.6) is 0 Å². The molecule has 6 heteroatoms. The standard InChI is InChI=1S/C18H23F2N3O/c1-21(2)18(24)23-10-13(12-4-3-5-14(19)15(12)20)17-16(23)11-6-8-22(17)9-7-11/h3-5,11,13,16-17H,6-10H2,1-2H3/t13-,16+,17+/m1/s1. The average Bonchev–Trinajstić information content (AvgIpc) is 3.00. The first-order valence-electron chi connectivity index (χ1n) is 8.65. The number of carbonyl (C=O) groups is 1. The highest BCUT2D eigenvalue weighted by atomic mass is 19.2. The lowest BCUT2D eigenvalue weighted by atomic mass is 9.75. The molecule has 0 aromatic heterocycles. The second-order valence-corrected chi connectivity index (χ2v) is 7.43. The van der Waals surface area contributed by atoms with E-state index in [2.05, 4.69) is 4.90 Å².